The van der Waals surface area contributed by atoms with E-state index in [0.29, 0.717) is 25.4 Å². The van der Waals surface area contributed by atoms with Crippen LogP contribution in [0, 0.1) is 0 Å². The van der Waals surface area contributed by atoms with Crippen molar-refractivity contribution in [3.05, 3.63) is 12.0 Å². The minimum absolute atomic E-state index is 0.0536. The lowest BCUT2D eigenvalue weighted by molar-refractivity contribution is -0.121. The maximum Gasteiger partial charge on any atom is 0.357 e. The number of carbonyl (C=O) groups is 2. The summed E-state index contributed by atoms with van der Waals surface area (Å²) in [6, 6.07) is 0.547. The Morgan fingerprint density at radius 3 is 2.89 bits per heavy atom. The predicted molar refractivity (Wildman–Crippen MR) is 62.4 cm³/mol. The number of carboxylic acid groups (broad SMARTS) is 1. The largest absolute Gasteiger partial charge is 0.476 e. The average Bonchev–Trinajstić information content (AvgIpc) is 2.99. The summed E-state index contributed by atoms with van der Waals surface area (Å²) in [5, 5.41) is 14.3. The van der Waals surface area contributed by atoms with Crippen molar-refractivity contribution >= 4 is 17.9 Å². The summed E-state index contributed by atoms with van der Waals surface area (Å²) in [5.41, 5.74) is -0.135. The molecule has 7 nitrogen and oxygen atoms in total. The van der Waals surface area contributed by atoms with Gasteiger partial charge in [-0.1, -0.05) is 0 Å². The van der Waals surface area contributed by atoms with Crippen LogP contribution in [0.5, 0.6) is 0 Å². The van der Waals surface area contributed by atoms with Crippen LogP contribution < -0.4 is 10.6 Å². The molecule has 1 aromatic heterocycles. The number of hydrogen-bond donors (Lipinski definition) is 3. The van der Waals surface area contributed by atoms with Crippen LogP contribution in [-0.4, -0.2) is 34.6 Å². The van der Waals surface area contributed by atoms with Gasteiger partial charge in [0.25, 0.3) is 6.01 Å². The van der Waals surface area contributed by atoms with Gasteiger partial charge in [0.15, 0.2) is 5.69 Å². The van der Waals surface area contributed by atoms with E-state index in [1.807, 2.05) is 0 Å². The average molecular weight is 253 g/mol. The molecule has 3 N–H and O–H groups in total. The Morgan fingerprint density at radius 1 is 1.50 bits per heavy atom. The zero-order valence-electron chi connectivity index (χ0n) is 9.81. The summed E-state index contributed by atoms with van der Waals surface area (Å²) < 4.78 is 4.90. The molecule has 1 fully saturated rings. The minimum atomic E-state index is -1.13. The van der Waals surface area contributed by atoms with Crippen LogP contribution in [0.3, 0.4) is 0 Å². The molecular weight excluding hydrogens is 238 g/mol. The molecule has 1 aliphatic rings. The second-order valence-electron chi connectivity index (χ2n) is 4.22. The number of aromatic carboxylic acids is 1. The van der Waals surface area contributed by atoms with Crippen molar-refractivity contribution < 1.29 is 19.1 Å². The van der Waals surface area contributed by atoms with Gasteiger partial charge in [-0.2, -0.15) is 4.98 Å². The highest BCUT2D eigenvalue weighted by Gasteiger charge is 2.22. The molecule has 2 rings (SSSR count). The maximum absolute atomic E-state index is 11.3. The fourth-order valence-electron chi connectivity index (χ4n) is 1.42. The van der Waals surface area contributed by atoms with Gasteiger partial charge in [-0.05, 0) is 19.3 Å². The lowest BCUT2D eigenvalue weighted by Gasteiger charge is -2.03. The van der Waals surface area contributed by atoms with E-state index in [-0.39, 0.29) is 17.6 Å². The molecule has 0 radical (unpaired) electrons. The molecule has 0 unspecified atom stereocenters. The maximum atomic E-state index is 11.3. The highest BCUT2D eigenvalue weighted by Crippen LogP contribution is 2.18. The van der Waals surface area contributed by atoms with Crippen molar-refractivity contribution in [3.8, 4) is 0 Å². The van der Waals surface area contributed by atoms with Crippen LogP contribution in [0.25, 0.3) is 0 Å². The molecule has 0 spiro atoms. The van der Waals surface area contributed by atoms with E-state index in [2.05, 4.69) is 15.6 Å². The molecule has 1 heterocycles. The number of oxazole rings is 1. The zero-order valence-corrected chi connectivity index (χ0v) is 9.81. The Bertz CT molecular complexity index is 439. The summed E-state index contributed by atoms with van der Waals surface area (Å²) in [6.07, 6.45) is 4.32. The SMILES string of the molecule is O=C(CCCNc1nc(C(=O)O)co1)NC1CC1. The van der Waals surface area contributed by atoms with Crippen LogP contribution >= 0.6 is 0 Å². The summed E-state index contributed by atoms with van der Waals surface area (Å²) in [4.78, 5) is 25.6. The number of aromatic nitrogens is 1. The first-order chi connectivity index (χ1) is 8.65. The van der Waals surface area contributed by atoms with E-state index in [0.717, 1.165) is 19.1 Å². The number of nitrogens with zero attached hydrogens (tertiary/aromatic N) is 1. The van der Waals surface area contributed by atoms with E-state index in [1.165, 1.54) is 0 Å². The topological polar surface area (TPSA) is 104 Å². The third-order valence-corrected chi connectivity index (χ3v) is 2.52. The number of carbonyl (C=O) groups excluding carboxylic acids is 1. The van der Waals surface area contributed by atoms with Gasteiger partial charge in [0.05, 0.1) is 0 Å². The van der Waals surface area contributed by atoms with Crippen molar-refractivity contribution in [2.24, 2.45) is 0 Å². The molecular formula is C11H15N3O4. The first kappa shape index (κ1) is 12.4. The first-order valence-corrected chi connectivity index (χ1v) is 5.87. The number of hydrogen-bond acceptors (Lipinski definition) is 5. The van der Waals surface area contributed by atoms with Crippen molar-refractivity contribution in [1.82, 2.24) is 10.3 Å². The minimum Gasteiger partial charge on any atom is -0.476 e. The number of amides is 1. The van der Waals surface area contributed by atoms with Gasteiger partial charge in [0.1, 0.15) is 6.26 Å². The van der Waals surface area contributed by atoms with Crippen LogP contribution in [0.15, 0.2) is 10.7 Å². The number of carboxylic acids is 1. The van der Waals surface area contributed by atoms with Gasteiger partial charge in [0.2, 0.25) is 5.91 Å². The van der Waals surface area contributed by atoms with Crippen LogP contribution in [0.2, 0.25) is 0 Å². The lowest BCUT2D eigenvalue weighted by atomic mass is 10.3. The monoisotopic (exact) mass is 253 g/mol. The molecule has 0 saturated heterocycles. The van der Waals surface area contributed by atoms with Crippen LogP contribution in [-0.2, 0) is 4.79 Å². The third kappa shape index (κ3) is 3.76. The standard InChI is InChI=1S/C11H15N3O4/c15-9(13-7-3-4-7)2-1-5-12-11-14-8(6-18-11)10(16)17/h6-7H,1-5H2,(H,12,14)(H,13,15)(H,16,17). The van der Waals surface area contributed by atoms with Gasteiger partial charge >= 0.3 is 5.97 Å². The summed E-state index contributed by atoms with van der Waals surface area (Å²) in [7, 11) is 0. The molecule has 0 bridgehead atoms. The Morgan fingerprint density at radius 2 is 2.28 bits per heavy atom. The first-order valence-electron chi connectivity index (χ1n) is 5.87. The van der Waals surface area contributed by atoms with Crippen LogP contribution in [0.4, 0.5) is 6.01 Å². The number of anilines is 1. The smallest absolute Gasteiger partial charge is 0.357 e. The van der Waals surface area contributed by atoms with Gasteiger partial charge < -0.3 is 20.2 Å². The van der Waals surface area contributed by atoms with E-state index < -0.39 is 5.97 Å². The number of nitrogens with one attached hydrogen (secondary N) is 2. The quantitative estimate of drug-likeness (QED) is 0.622. The summed E-state index contributed by atoms with van der Waals surface area (Å²) in [5.74, 6) is -1.08. The molecule has 7 heteroatoms. The second-order valence-corrected chi connectivity index (χ2v) is 4.22. The van der Waals surface area contributed by atoms with Crippen molar-refractivity contribution in [3.63, 3.8) is 0 Å². The molecule has 1 saturated carbocycles. The molecule has 0 aliphatic heterocycles. The Hall–Kier alpha value is -2.05. The van der Waals surface area contributed by atoms with Gasteiger partial charge in [-0.15, -0.1) is 0 Å². The van der Waals surface area contributed by atoms with Crippen LogP contribution in [0.1, 0.15) is 36.2 Å². The molecule has 0 aromatic carbocycles. The summed E-state index contributed by atoms with van der Waals surface area (Å²) >= 11 is 0. The highest BCUT2D eigenvalue weighted by molar-refractivity contribution is 5.85. The molecule has 1 aromatic rings. The predicted octanol–water partition coefficient (Wildman–Crippen LogP) is 0.843. The van der Waals surface area contributed by atoms with E-state index in [9.17, 15) is 9.59 Å². The highest BCUT2D eigenvalue weighted by atomic mass is 16.4. The number of rotatable bonds is 7. The Labute approximate surface area is 104 Å². The third-order valence-electron chi connectivity index (χ3n) is 2.52. The normalized spacial score (nSPS) is 14.2. The lowest BCUT2D eigenvalue weighted by Crippen LogP contribution is -2.25. The van der Waals surface area contributed by atoms with Gasteiger partial charge in [-0.3, -0.25) is 4.79 Å². The fraction of sp³-hybridized carbons (Fsp3) is 0.545. The van der Waals surface area contributed by atoms with Gasteiger partial charge in [-0.25, -0.2) is 4.79 Å². The van der Waals surface area contributed by atoms with Crippen molar-refractivity contribution in [2.75, 3.05) is 11.9 Å². The summed E-state index contributed by atoms with van der Waals surface area (Å²) in [6.45, 7) is 0.512. The Balaban J connectivity index is 1.61. The van der Waals surface area contributed by atoms with Gasteiger partial charge in [0, 0.05) is 19.0 Å². The molecule has 1 amide bonds. The molecule has 18 heavy (non-hydrogen) atoms. The Kier molecular flexibility index (Phi) is 3.81. The molecule has 0 atom stereocenters. The zero-order chi connectivity index (χ0) is 13.0. The fourth-order valence-corrected chi connectivity index (χ4v) is 1.42. The van der Waals surface area contributed by atoms with E-state index in [1.54, 1.807) is 0 Å². The van der Waals surface area contributed by atoms with Crippen molar-refractivity contribution in [2.45, 2.75) is 31.7 Å². The molecule has 1 aliphatic carbocycles. The molecule has 98 valence electrons. The second kappa shape index (κ2) is 5.52. The van der Waals surface area contributed by atoms with Crippen molar-refractivity contribution in [1.29, 1.82) is 0 Å². The van der Waals surface area contributed by atoms with E-state index >= 15 is 0 Å². The van der Waals surface area contributed by atoms with E-state index in [4.69, 9.17) is 9.52 Å².